The van der Waals surface area contributed by atoms with Crippen LogP contribution in [0, 0.1) is 13.8 Å². The van der Waals surface area contributed by atoms with E-state index < -0.39 is 0 Å². The van der Waals surface area contributed by atoms with Gasteiger partial charge < -0.3 is 9.84 Å². The van der Waals surface area contributed by atoms with Crippen molar-refractivity contribution in [3.05, 3.63) is 29.3 Å². The Morgan fingerprint density at radius 1 is 1.31 bits per heavy atom. The summed E-state index contributed by atoms with van der Waals surface area (Å²) in [5.74, 6) is 0.894. The summed E-state index contributed by atoms with van der Waals surface area (Å²) >= 11 is 0. The number of ether oxygens (including phenoxy) is 1. The zero-order chi connectivity index (χ0) is 12.1. The van der Waals surface area contributed by atoms with Crippen LogP contribution in [0.2, 0.25) is 0 Å². The van der Waals surface area contributed by atoms with Crippen LogP contribution in [0.15, 0.2) is 18.2 Å². The van der Waals surface area contributed by atoms with Gasteiger partial charge in [0.05, 0.1) is 6.61 Å². The van der Waals surface area contributed by atoms with E-state index in [9.17, 15) is 0 Å². The van der Waals surface area contributed by atoms with Crippen LogP contribution in [0.5, 0.6) is 5.75 Å². The molecule has 0 bridgehead atoms. The lowest BCUT2D eigenvalue weighted by molar-refractivity contribution is 0.143. The molecule has 2 N–H and O–H groups in total. The van der Waals surface area contributed by atoms with Gasteiger partial charge in [0.15, 0.2) is 0 Å². The number of benzene rings is 1. The highest BCUT2D eigenvalue weighted by atomic mass is 16.5. The third kappa shape index (κ3) is 3.83. The van der Waals surface area contributed by atoms with Gasteiger partial charge in [0.2, 0.25) is 0 Å². The van der Waals surface area contributed by atoms with Crippen molar-refractivity contribution in [3.63, 3.8) is 0 Å². The van der Waals surface area contributed by atoms with Gasteiger partial charge in [-0.05, 0) is 44.9 Å². The normalized spacial score (nSPS) is 14.6. The molecule has 1 aromatic carbocycles. The van der Waals surface area contributed by atoms with Crippen LogP contribution in [0.1, 0.15) is 25.0 Å². The maximum Gasteiger partial charge on any atom is 0.147 e. The average molecular weight is 223 g/mol. The van der Waals surface area contributed by atoms with Crippen LogP contribution in [0.25, 0.3) is 0 Å². The molecule has 0 aromatic heterocycles. The summed E-state index contributed by atoms with van der Waals surface area (Å²) in [6, 6.07) is 6.18. The Labute approximate surface area is 97.4 Å². The second-order valence-corrected chi connectivity index (χ2v) is 4.28. The van der Waals surface area contributed by atoms with E-state index in [0.29, 0.717) is 0 Å². The molecule has 2 unspecified atom stereocenters. The number of aliphatic hydroxyl groups is 1. The van der Waals surface area contributed by atoms with Gasteiger partial charge in [-0.25, -0.2) is 0 Å². The lowest BCUT2D eigenvalue weighted by Gasteiger charge is -2.21. The van der Waals surface area contributed by atoms with Gasteiger partial charge in [0.1, 0.15) is 12.0 Å². The first-order chi connectivity index (χ1) is 7.52. The van der Waals surface area contributed by atoms with Crippen molar-refractivity contribution in [2.75, 3.05) is 6.61 Å². The Balaban J connectivity index is 2.61. The molecule has 0 heterocycles. The van der Waals surface area contributed by atoms with E-state index >= 15 is 0 Å². The van der Waals surface area contributed by atoms with E-state index in [1.165, 1.54) is 5.56 Å². The molecule has 0 aliphatic rings. The smallest absolute Gasteiger partial charge is 0.147 e. The zero-order valence-corrected chi connectivity index (χ0v) is 10.4. The molecule has 0 spiro atoms. The standard InChI is InChI=1S/C13H21NO2/c1-9-5-6-10(2)13(7-9)16-12(4)14-11(3)8-15/h5-7,11-12,14-15H,8H2,1-4H3. The van der Waals surface area contributed by atoms with Crippen molar-refractivity contribution >= 4 is 0 Å². The molecule has 0 fully saturated rings. The topological polar surface area (TPSA) is 41.5 Å². The molecular weight excluding hydrogens is 202 g/mol. The van der Waals surface area contributed by atoms with Crippen molar-refractivity contribution < 1.29 is 9.84 Å². The molecule has 1 aromatic rings. The van der Waals surface area contributed by atoms with Crippen LogP contribution < -0.4 is 10.1 Å². The average Bonchev–Trinajstić information content (AvgIpc) is 2.23. The largest absolute Gasteiger partial charge is 0.475 e. The lowest BCUT2D eigenvalue weighted by Crippen LogP contribution is -2.40. The molecule has 0 amide bonds. The minimum Gasteiger partial charge on any atom is -0.475 e. The summed E-state index contributed by atoms with van der Waals surface area (Å²) < 4.78 is 5.78. The van der Waals surface area contributed by atoms with Crippen LogP contribution in [-0.4, -0.2) is 24.0 Å². The van der Waals surface area contributed by atoms with Crippen LogP contribution >= 0.6 is 0 Å². The molecule has 0 saturated carbocycles. The number of aryl methyl sites for hydroxylation is 2. The Hall–Kier alpha value is -1.06. The van der Waals surface area contributed by atoms with E-state index in [1.54, 1.807) is 0 Å². The van der Waals surface area contributed by atoms with Gasteiger partial charge in [0, 0.05) is 6.04 Å². The SMILES string of the molecule is Cc1ccc(C)c(OC(C)NC(C)CO)c1. The van der Waals surface area contributed by atoms with Gasteiger partial charge >= 0.3 is 0 Å². The fourth-order valence-electron chi connectivity index (χ4n) is 1.51. The minimum atomic E-state index is -0.109. The van der Waals surface area contributed by atoms with Crippen LogP contribution in [0.4, 0.5) is 0 Å². The third-order valence-electron chi connectivity index (χ3n) is 2.44. The highest BCUT2D eigenvalue weighted by molar-refractivity contribution is 5.36. The fraction of sp³-hybridized carbons (Fsp3) is 0.538. The Bertz CT molecular complexity index is 339. The molecule has 2 atom stereocenters. The second kappa shape index (κ2) is 5.87. The minimum absolute atomic E-state index is 0.0418. The molecule has 16 heavy (non-hydrogen) atoms. The predicted molar refractivity (Wildman–Crippen MR) is 65.7 cm³/mol. The van der Waals surface area contributed by atoms with Crippen molar-refractivity contribution in [1.29, 1.82) is 0 Å². The summed E-state index contributed by atoms with van der Waals surface area (Å²) in [5, 5.41) is 12.1. The highest BCUT2D eigenvalue weighted by Crippen LogP contribution is 2.19. The lowest BCUT2D eigenvalue weighted by atomic mass is 10.1. The van der Waals surface area contributed by atoms with Crippen molar-refractivity contribution in [2.24, 2.45) is 0 Å². The van der Waals surface area contributed by atoms with Crippen molar-refractivity contribution in [2.45, 2.75) is 40.0 Å². The second-order valence-electron chi connectivity index (χ2n) is 4.28. The molecule has 3 heteroatoms. The Morgan fingerprint density at radius 3 is 2.62 bits per heavy atom. The van der Waals surface area contributed by atoms with Gasteiger partial charge in [-0.15, -0.1) is 0 Å². The monoisotopic (exact) mass is 223 g/mol. The number of rotatable bonds is 5. The quantitative estimate of drug-likeness (QED) is 0.750. The van der Waals surface area contributed by atoms with E-state index in [0.717, 1.165) is 11.3 Å². The number of hydrogen-bond donors (Lipinski definition) is 2. The number of nitrogens with one attached hydrogen (secondary N) is 1. The fourth-order valence-corrected chi connectivity index (χ4v) is 1.51. The molecule has 90 valence electrons. The molecule has 1 rings (SSSR count). The molecule has 3 nitrogen and oxygen atoms in total. The van der Waals surface area contributed by atoms with E-state index in [2.05, 4.69) is 11.4 Å². The van der Waals surface area contributed by atoms with Crippen molar-refractivity contribution in [1.82, 2.24) is 5.32 Å². The van der Waals surface area contributed by atoms with Gasteiger partial charge in [-0.1, -0.05) is 12.1 Å². The Morgan fingerprint density at radius 2 is 2.00 bits per heavy atom. The molecule has 0 aliphatic carbocycles. The first kappa shape index (κ1) is 13.0. The van der Waals surface area contributed by atoms with Gasteiger partial charge in [-0.2, -0.15) is 0 Å². The van der Waals surface area contributed by atoms with E-state index in [-0.39, 0.29) is 18.9 Å². The predicted octanol–water partition coefficient (Wildman–Crippen LogP) is 2.00. The highest BCUT2D eigenvalue weighted by Gasteiger charge is 2.09. The molecule has 0 saturated heterocycles. The summed E-state index contributed by atoms with van der Waals surface area (Å²) in [7, 11) is 0. The first-order valence-electron chi connectivity index (χ1n) is 5.63. The Kier molecular flexibility index (Phi) is 4.77. The summed E-state index contributed by atoms with van der Waals surface area (Å²) in [6.07, 6.45) is -0.109. The van der Waals surface area contributed by atoms with Crippen LogP contribution in [0.3, 0.4) is 0 Å². The molecular formula is C13H21NO2. The van der Waals surface area contributed by atoms with Gasteiger partial charge in [0.25, 0.3) is 0 Å². The van der Waals surface area contributed by atoms with E-state index in [1.807, 2.05) is 39.8 Å². The molecule has 0 aliphatic heterocycles. The molecule has 0 radical (unpaired) electrons. The van der Waals surface area contributed by atoms with E-state index in [4.69, 9.17) is 9.84 Å². The third-order valence-corrected chi connectivity index (χ3v) is 2.44. The summed E-state index contributed by atoms with van der Waals surface area (Å²) in [5.41, 5.74) is 2.30. The zero-order valence-electron chi connectivity index (χ0n) is 10.4. The maximum absolute atomic E-state index is 8.93. The van der Waals surface area contributed by atoms with Gasteiger partial charge in [-0.3, -0.25) is 5.32 Å². The number of hydrogen-bond acceptors (Lipinski definition) is 3. The van der Waals surface area contributed by atoms with Crippen molar-refractivity contribution in [3.8, 4) is 5.75 Å². The number of aliphatic hydroxyl groups excluding tert-OH is 1. The van der Waals surface area contributed by atoms with Crippen LogP contribution in [-0.2, 0) is 0 Å². The summed E-state index contributed by atoms with van der Waals surface area (Å²) in [6.45, 7) is 8.04. The summed E-state index contributed by atoms with van der Waals surface area (Å²) in [4.78, 5) is 0. The maximum atomic E-state index is 8.93. The first-order valence-corrected chi connectivity index (χ1v) is 5.63.